The van der Waals surface area contributed by atoms with Gasteiger partial charge in [-0.1, -0.05) is 18.2 Å². The van der Waals surface area contributed by atoms with E-state index in [0.717, 1.165) is 34.8 Å². The summed E-state index contributed by atoms with van der Waals surface area (Å²) in [6.45, 7) is 1.08. The molecule has 1 fully saturated rings. The zero-order valence-electron chi connectivity index (χ0n) is 18.6. The second-order valence-corrected chi connectivity index (χ2v) is 8.37. The highest BCUT2D eigenvalue weighted by Gasteiger charge is 2.44. The minimum absolute atomic E-state index is 0.0341. The topological polar surface area (TPSA) is 123 Å². The van der Waals surface area contributed by atoms with Crippen molar-refractivity contribution >= 4 is 11.8 Å². The molecule has 1 saturated heterocycles. The molecule has 33 heavy (non-hydrogen) atoms. The third-order valence-electron chi connectivity index (χ3n) is 6.16. The third-order valence-corrected chi connectivity index (χ3v) is 6.16. The second-order valence-electron chi connectivity index (χ2n) is 8.37. The van der Waals surface area contributed by atoms with Gasteiger partial charge in [-0.15, -0.1) is 0 Å². The number of benzene rings is 1. The molecule has 2 aliphatic rings. The Bertz CT molecular complexity index is 1120. The fraction of sp³-hybridized carbons (Fsp3) is 0.478. The van der Waals surface area contributed by atoms with Gasteiger partial charge in [-0.3, -0.25) is 19.0 Å². The first-order valence-electron chi connectivity index (χ1n) is 11.1. The number of carbonyl (C=O) groups is 2. The molecule has 176 valence electrons. The highest BCUT2D eigenvalue weighted by atomic mass is 16.5. The van der Waals surface area contributed by atoms with E-state index in [9.17, 15) is 19.2 Å². The van der Waals surface area contributed by atoms with E-state index in [0.29, 0.717) is 26.0 Å². The Morgan fingerprint density at radius 3 is 2.76 bits per heavy atom. The molecule has 2 aliphatic heterocycles. The van der Waals surface area contributed by atoms with Gasteiger partial charge in [0.1, 0.15) is 18.1 Å². The van der Waals surface area contributed by atoms with Gasteiger partial charge in [0.25, 0.3) is 17.4 Å². The van der Waals surface area contributed by atoms with Crippen LogP contribution in [0, 0.1) is 0 Å². The fourth-order valence-electron chi connectivity index (χ4n) is 4.26. The number of amides is 2. The zero-order valence-corrected chi connectivity index (χ0v) is 18.6. The minimum atomic E-state index is -1.20. The van der Waals surface area contributed by atoms with Crippen LogP contribution in [0.5, 0.6) is 5.75 Å². The number of morpholine rings is 1. The quantitative estimate of drug-likeness (QED) is 0.632. The van der Waals surface area contributed by atoms with Crippen LogP contribution in [0.1, 0.15) is 35.3 Å². The molecule has 2 aromatic rings. The molecule has 1 atom stereocenters. The van der Waals surface area contributed by atoms with Crippen molar-refractivity contribution in [3.05, 3.63) is 62.4 Å². The van der Waals surface area contributed by atoms with Gasteiger partial charge in [-0.2, -0.15) is 0 Å². The molecule has 0 bridgehead atoms. The number of H-pyrrole nitrogens is 1. The summed E-state index contributed by atoms with van der Waals surface area (Å²) in [6.07, 6.45) is 2.80. The maximum atomic E-state index is 13.2. The Balaban J connectivity index is 1.53. The van der Waals surface area contributed by atoms with Crippen molar-refractivity contribution in [2.45, 2.75) is 31.3 Å². The average Bonchev–Trinajstić information content (AvgIpc) is 2.82. The second kappa shape index (κ2) is 9.62. The number of para-hydroxylation sites is 1. The fourth-order valence-corrected chi connectivity index (χ4v) is 4.26. The first kappa shape index (κ1) is 22.8. The Morgan fingerprint density at radius 1 is 1.12 bits per heavy atom. The average molecular weight is 456 g/mol. The number of aromatic amines is 1. The van der Waals surface area contributed by atoms with Gasteiger partial charge in [0.2, 0.25) is 0 Å². The molecule has 2 N–H and O–H groups in total. The van der Waals surface area contributed by atoms with Crippen LogP contribution in [-0.2, 0) is 23.0 Å². The largest absolute Gasteiger partial charge is 0.491 e. The standard InChI is InChI=1S/C23H28N4O6/c1-26-19(28)14-17(25-22(26)31)20(29)27-11-13-33-23(15-27)9-5-4-7-16-6-2-3-8-18(16)32-12-10-24-21(23)30/h2-3,6,8,14H,4-5,7,9-13,15H2,1H3,(H,24,30)(H,25,31). The van der Waals surface area contributed by atoms with Crippen LogP contribution in [0.4, 0.5) is 0 Å². The van der Waals surface area contributed by atoms with E-state index in [1.54, 1.807) is 0 Å². The molecule has 4 rings (SSSR count). The minimum Gasteiger partial charge on any atom is -0.491 e. The lowest BCUT2D eigenvalue weighted by molar-refractivity contribution is -0.159. The van der Waals surface area contributed by atoms with E-state index in [4.69, 9.17) is 9.47 Å². The molecule has 1 spiro atoms. The van der Waals surface area contributed by atoms with Crippen LogP contribution >= 0.6 is 0 Å². The molecule has 0 saturated carbocycles. The summed E-state index contributed by atoms with van der Waals surface area (Å²) < 4.78 is 12.7. The van der Waals surface area contributed by atoms with Crippen molar-refractivity contribution in [3.63, 3.8) is 0 Å². The van der Waals surface area contributed by atoms with Gasteiger partial charge in [-0.05, 0) is 37.3 Å². The lowest BCUT2D eigenvalue weighted by Gasteiger charge is -2.41. The monoisotopic (exact) mass is 456 g/mol. The highest BCUT2D eigenvalue weighted by Crippen LogP contribution is 2.28. The molecule has 10 nitrogen and oxygen atoms in total. The number of aromatic nitrogens is 2. The number of rotatable bonds is 1. The van der Waals surface area contributed by atoms with Crippen LogP contribution < -0.4 is 21.3 Å². The van der Waals surface area contributed by atoms with Gasteiger partial charge >= 0.3 is 5.69 Å². The SMILES string of the molecule is Cn1c(=O)cc(C(=O)N2CCOC3(CCCCc4ccccc4OCCNC3=O)C2)[nH]c1=O. The smallest absolute Gasteiger partial charge is 0.328 e. The van der Waals surface area contributed by atoms with Crippen molar-refractivity contribution in [2.75, 3.05) is 32.8 Å². The van der Waals surface area contributed by atoms with Crippen LogP contribution in [0.2, 0.25) is 0 Å². The van der Waals surface area contributed by atoms with Crippen molar-refractivity contribution in [1.82, 2.24) is 19.8 Å². The lowest BCUT2D eigenvalue weighted by Crippen LogP contribution is -2.61. The Labute approximate surface area is 190 Å². The number of hydrogen-bond donors (Lipinski definition) is 2. The number of aryl methyl sites for hydroxylation is 1. The summed E-state index contributed by atoms with van der Waals surface area (Å²) in [6, 6.07) is 8.97. The van der Waals surface area contributed by atoms with Gasteiger partial charge in [-0.25, -0.2) is 4.79 Å². The highest BCUT2D eigenvalue weighted by molar-refractivity contribution is 5.93. The van der Waals surface area contributed by atoms with E-state index < -0.39 is 22.8 Å². The van der Waals surface area contributed by atoms with Gasteiger partial charge < -0.3 is 24.7 Å². The summed E-state index contributed by atoms with van der Waals surface area (Å²) in [4.78, 5) is 54.0. The molecule has 0 radical (unpaired) electrons. The summed E-state index contributed by atoms with van der Waals surface area (Å²) in [5, 5.41) is 2.88. The van der Waals surface area contributed by atoms with Gasteiger partial charge in [0, 0.05) is 19.7 Å². The summed E-state index contributed by atoms with van der Waals surface area (Å²) >= 11 is 0. The van der Waals surface area contributed by atoms with Crippen molar-refractivity contribution < 1.29 is 19.1 Å². The van der Waals surface area contributed by atoms with Crippen molar-refractivity contribution in [2.24, 2.45) is 7.05 Å². The Morgan fingerprint density at radius 2 is 1.94 bits per heavy atom. The molecule has 1 aromatic carbocycles. The first-order valence-corrected chi connectivity index (χ1v) is 11.1. The van der Waals surface area contributed by atoms with E-state index in [2.05, 4.69) is 10.3 Å². The van der Waals surface area contributed by atoms with E-state index in [-0.39, 0.29) is 31.3 Å². The summed E-state index contributed by atoms with van der Waals surface area (Å²) in [5.74, 6) is 0.0225. The van der Waals surface area contributed by atoms with Crippen LogP contribution in [-0.4, -0.2) is 64.7 Å². The predicted octanol–water partition coefficient (Wildman–Crippen LogP) is 0.206. The number of nitrogens with zero attached hydrogens (tertiary/aromatic N) is 2. The Kier molecular flexibility index (Phi) is 6.64. The van der Waals surface area contributed by atoms with Crippen LogP contribution in [0.25, 0.3) is 0 Å². The van der Waals surface area contributed by atoms with E-state index >= 15 is 0 Å². The zero-order chi connectivity index (χ0) is 23.4. The molecule has 0 aliphatic carbocycles. The maximum absolute atomic E-state index is 13.2. The van der Waals surface area contributed by atoms with E-state index in [1.807, 2.05) is 24.3 Å². The van der Waals surface area contributed by atoms with Crippen LogP contribution in [0.3, 0.4) is 0 Å². The van der Waals surface area contributed by atoms with Gasteiger partial charge in [0.15, 0.2) is 5.60 Å². The lowest BCUT2D eigenvalue weighted by atomic mass is 9.91. The maximum Gasteiger partial charge on any atom is 0.328 e. The first-order chi connectivity index (χ1) is 15.9. The molecule has 1 aromatic heterocycles. The van der Waals surface area contributed by atoms with Crippen molar-refractivity contribution in [3.8, 4) is 5.75 Å². The van der Waals surface area contributed by atoms with Crippen LogP contribution in [0.15, 0.2) is 39.9 Å². The summed E-state index contributed by atoms with van der Waals surface area (Å²) in [5.41, 5.74) is -1.42. The number of hydrogen-bond acceptors (Lipinski definition) is 6. The molecule has 10 heteroatoms. The molecular formula is C23H28N4O6. The summed E-state index contributed by atoms with van der Waals surface area (Å²) in [7, 11) is 1.33. The number of fused-ring (bicyclic) bond motifs is 1. The predicted molar refractivity (Wildman–Crippen MR) is 119 cm³/mol. The normalized spacial score (nSPS) is 21.8. The number of carbonyl (C=O) groups excluding carboxylic acids is 2. The van der Waals surface area contributed by atoms with Gasteiger partial charge in [0.05, 0.1) is 19.7 Å². The molecular weight excluding hydrogens is 428 g/mol. The van der Waals surface area contributed by atoms with E-state index in [1.165, 1.54) is 11.9 Å². The Hall–Kier alpha value is -3.40. The van der Waals surface area contributed by atoms with Crippen molar-refractivity contribution in [1.29, 1.82) is 0 Å². The molecule has 3 heterocycles. The molecule has 2 amide bonds. The third kappa shape index (κ3) is 4.85. The number of nitrogens with one attached hydrogen (secondary N) is 2. The molecule has 1 unspecified atom stereocenters. The number of ether oxygens (including phenoxy) is 2.